The first kappa shape index (κ1) is 10.5. The fourth-order valence-corrected chi connectivity index (χ4v) is 1.13. The summed E-state index contributed by atoms with van der Waals surface area (Å²) in [6, 6.07) is 4.18. The van der Waals surface area contributed by atoms with Gasteiger partial charge in [0.05, 0.1) is 11.0 Å². The van der Waals surface area contributed by atoms with Crippen molar-refractivity contribution in [3.8, 4) is 5.75 Å². The maximum absolute atomic E-state index is 10.5. The van der Waals surface area contributed by atoms with E-state index in [2.05, 4.69) is 0 Å². The molecule has 0 atom stereocenters. The summed E-state index contributed by atoms with van der Waals surface area (Å²) in [6.07, 6.45) is 0. The Morgan fingerprint density at radius 1 is 1.29 bits per heavy atom. The van der Waals surface area contributed by atoms with Crippen LogP contribution in [-0.4, -0.2) is 10.0 Å². The number of hydrogen-bond acceptors (Lipinski definition) is 3. The van der Waals surface area contributed by atoms with Crippen molar-refractivity contribution in [1.82, 2.24) is 0 Å². The first-order valence-electron chi connectivity index (χ1n) is 4.29. The lowest BCUT2D eigenvalue weighted by molar-refractivity contribution is -0.385. The van der Waals surface area contributed by atoms with Gasteiger partial charge in [-0.05, 0) is 17.0 Å². The molecule has 0 saturated heterocycles. The highest BCUT2D eigenvalue weighted by atomic mass is 16.6. The van der Waals surface area contributed by atoms with Crippen LogP contribution in [0.2, 0.25) is 0 Å². The number of hydrogen-bond donors (Lipinski definition) is 1. The lowest BCUT2D eigenvalue weighted by atomic mass is 9.87. The lowest BCUT2D eigenvalue weighted by Crippen LogP contribution is -2.11. The van der Waals surface area contributed by atoms with Crippen molar-refractivity contribution in [2.24, 2.45) is 0 Å². The van der Waals surface area contributed by atoms with E-state index in [4.69, 9.17) is 0 Å². The Hall–Kier alpha value is -1.58. The number of phenols is 1. The van der Waals surface area contributed by atoms with Gasteiger partial charge in [-0.25, -0.2) is 0 Å². The minimum Gasteiger partial charge on any atom is -0.508 e. The van der Waals surface area contributed by atoms with Crippen molar-refractivity contribution in [3.63, 3.8) is 0 Å². The molecule has 0 aliphatic carbocycles. The zero-order valence-electron chi connectivity index (χ0n) is 8.44. The number of benzene rings is 1. The van der Waals surface area contributed by atoms with E-state index in [9.17, 15) is 15.2 Å². The number of non-ortho nitro benzene ring substituents is 1. The molecule has 1 aromatic carbocycles. The summed E-state index contributed by atoms with van der Waals surface area (Å²) in [4.78, 5) is 10.0. The molecule has 1 rings (SSSR count). The molecule has 4 nitrogen and oxygen atoms in total. The summed E-state index contributed by atoms with van der Waals surface area (Å²) in [6.45, 7) is 5.81. The topological polar surface area (TPSA) is 63.4 Å². The highest BCUT2D eigenvalue weighted by molar-refractivity contribution is 5.44. The minimum absolute atomic E-state index is 0.0656. The average Bonchev–Trinajstić information content (AvgIpc) is 2.01. The summed E-state index contributed by atoms with van der Waals surface area (Å²) in [7, 11) is 0. The van der Waals surface area contributed by atoms with Gasteiger partial charge < -0.3 is 5.11 Å². The Kier molecular flexibility index (Phi) is 2.47. The Labute approximate surface area is 82.3 Å². The van der Waals surface area contributed by atoms with Gasteiger partial charge in [0.2, 0.25) is 0 Å². The van der Waals surface area contributed by atoms with Gasteiger partial charge in [0, 0.05) is 6.07 Å². The fourth-order valence-electron chi connectivity index (χ4n) is 1.13. The van der Waals surface area contributed by atoms with Crippen LogP contribution in [0.15, 0.2) is 18.2 Å². The molecule has 76 valence electrons. The number of phenolic OH excluding ortho intramolecular Hbond substituents is 1. The van der Waals surface area contributed by atoms with Crippen molar-refractivity contribution >= 4 is 5.69 Å². The number of nitrogens with zero attached hydrogens (tertiary/aromatic N) is 1. The van der Waals surface area contributed by atoms with E-state index in [0.717, 1.165) is 11.6 Å². The summed E-state index contributed by atoms with van der Waals surface area (Å²) < 4.78 is 0. The third-order valence-corrected chi connectivity index (χ3v) is 1.98. The van der Waals surface area contributed by atoms with Crippen molar-refractivity contribution in [3.05, 3.63) is 33.9 Å². The summed E-state index contributed by atoms with van der Waals surface area (Å²) in [5.41, 5.74) is 0.475. The van der Waals surface area contributed by atoms with Crippen LogP contribution in [0.3, 0.4) is 0 Å². The van der Waals surface area contributed by atoms with Crippen molar-refractivity contribution in [1.29, 1.82) is 0 Å². The first-order chi connectivity index (χ1) is 6.30. The quantitative estimate of drug-likeness (QED) is 0.553. The summed E-state index contributed by atoms with van der Waals surface area (Å²) in [5.74, 6) is -0.0656. The van der Waals surface area contributed by atoms with Gasteiger partial charge in [0.25, 0.3) is 5.69 Å². The standard InChI is InChI=1S/C10H13NO3/c1-10(2,3)7-4-8(11(13)14)6-9(12)5-7/h4-6,12H,1-3H3. The zero-order chi connectivity index (χ0) is 10.9. The molecular formula is C10H13NO3. The van der Waals surface area contributed by atoms with Crippen molar-refractivity contribution < 1.29 is 10.0 Å². The Morgan fingerprint density at radius 2 is 1.86 bits per heavy atom. The van der Waals surface area contributed by atoms with Gasteiger partial charge in [-0.1, -0.05) is 20.8 Å². The second-order valence-electron chi connectivity index (χ2n) is 4.25. The van der Waals surface area contributed by atoms with E-state index < -0.39 is 4.92 Å². The molecule has 0 fully saturated rings. The zero-order valence-corrected chi connectivity index (χ0v) is 8.44. The monoisotopic (exact) mass is 195 g/mol. The highest BCUT2D eigenvalue weighted by Gasteiger charge is 2.18. The van der Waals surface area contributed by atoms with Gasteiger partial charge in [-0.3, -0.25) is 10.1 Å². The molecule has 4 heteroatoms. The summed E-state index contributed by atoms with van der Waals surface area (Å²) >= 11 is 0. The van der Waals surface area contributed by atoms with Crippen LogP contribution in [0, 0.1) is 10.1 Å². The molecule has 0 saturated carbocycles. The summed E-state index contributed by atoms with van der Waals surface area (Å²) in [5, 5.41) is 19.8. The molecule has 0 aliphatic rings. The number of nitro benzene ring substituents is 1. The molecule has 1 N–H and O–H groups in total. The second-order valence-corrected chi connectivity index (χ2v) is 4.25. The molecule has 0 unspecified atom stereocenters. The van der Waals surface area contributed by atoms with Crippen LogP contribution >= 0.6 is 0 Å². The maximum atomic E-state index is 10.5. The molecule has 0 bridgehead atoms. The molecule has 0 heterocycles. The highest BCUT2D eigenvalue weighted by Crippen LogP contribution is 2.29. The Balaban J connectivity index is 3.28. The smallest absolute Gasteiger partial charge is 0.273 e. The third kappa shape index (κ3) is 2.22. The van der Waals surface area contributed by atoms with E-state index in [0.29, 0.717) is 0 Å². The number of nitro groups is 1. The maximum Gasteiger partial charge on any atom is 0.273 e. The molecule has 0 amide bonds. The molecule has 1 aromatic rings. The average molecular weight is 195 g/mol. The van der Waals surface area contributed by atoms with Gasteiger partial charge in [0.15, 0.2) is 0 Å². The van der Waals surface area contributed by atoms with E-state index in [1.165, 1.54) is 6.07 Å². The van der Waals surface area contributed by atoms with Crippen LogP contribution in [0.5, 0.6) is 5.75 Å². The van der Waals surface area contributed by atoms with Gasteiger partial charge in [-0.15, -0.1) is 0 Å². The van der Waals surface area contributed by atoms with Crippen LogP contribution in [0.25, 0.3) is 0 Å². The SMILES string of the molecule is CC(C)(C)c1cc(O)cc([N+](=O)[O-])c1. The first-order valence-corrected chi connectivity index (χ1v) is 4.29. The predicted molar refractivity (Wildman–Crippen MR) is 53.5 cm³/mol. The minimum atomic E-state index is -0.505. The van der Waals surface area contributed by atoms with E-state index >= 15 is 0 Å². The Bertz CT molecular complexity index is 366. The van der Waals surface area contributed by atoms with Crippen molar-refractivity contribution in [2.75, 3.05) is 0 Å². The molecule has 0 aliphatic heterocycles. The van der Waals surface area contributed by atoms with E-state index in [1.54, 1.807) is 6.07 Å². The Morgan fingerprint density at radius 3 is 2.29 bits per heavy atom. The normalized spacial score (nSPS) is 11.4. The van der Waals surface area contributed by atoms with Gasteiger partial charge in [0.1, 0.15) is 5.75 Å². The van der Waals surface area contributed by atoms with Crippen molar-refractivity contribution in [2.45, 2.75) is 26.2 Å². The van der Waals surface area contributed by atoms with Gasteiger partial charge in [-0.2, -0.15) is 0 Å². The molecule has 14 heavy (non-hydrogen) atoms. The van der Waals surface area contributed by atoms with Crippen LogP contribution in [-0.2, 0) is 5.41 Å². The lowest BCUT2D eigenvalue weighted by Gasteiger charge is -2.18. The molecule has 0 aromatic heterocycles. The van der Waals surface area contributed by atoms with E-state index in [1.807, 2.05) is 20.8 Å². The van der Waals surface area contributed by atoms with E-state index in [-0.39, 0.29) is 16.9 Å². The fraction of sp³-hybridized carbons (Fsp3) is 0.400. The van der Waals surface area contributed by atoms with Gasteiger partial charge >= 0.3 is 0 Å². The third-order valence-electron chi connectivity index (χ3n) is 1.98. The number of aromatic hydroxyl groups is 1. The molecule has 0 spiro atoms. The largest absolute Gasteiger partial charge is 0.508 e. The molecular weight excluding hydrogens is 182 g/mol. The van der Waals surface area contributed by atoms with Crippen LogP contribution in [0.1, 0.15) is 26.3 Å². The predicted octanol–water partition coefficient (Wildman–Crippen LogP) is 2.60. The second kappa shape index (κ2) is 3.29. The molecule has 0 radical (unpaired) electrons. The number of rotatable bonds is 1. The van der Waals surface area contributed by atoms with Crippen LogP contribution in [0.4, 0.5) is 5.69 Å². The van der Waals surface area contributed by atoms with Crippen LogP contribution < -0.4 is 0 Å².